The van der Waals surface area contributed by atoms with Crippen LogP contribution in [0.1, 0.15) is 43.6 Å². The van der Waals surface area contributed by atoms with Crippen molar-refractivity contribution < 1.29 is 9.18 Å². The van der Waals surface area contributed by atoms with Crippen LogP contribution in [0, 0.1) is 5.82 Å². The van der Waals surface area contributed by atoms with Gasteiger partial charge in [0.1, 0.15) is 10.6 Å². The summed E-state index contributed by atoms with van der Waals surface area (Å²) in [5.41, 5.74) is 0.971. The van der Waals surface area contributed by atoms with Crippen molar-refractivity contribution in [2.24, 2.45) is 0 Å². The number of fused-ring (bicyclic) bond motifs is 3. The Labute approximate surface area is 182 Å². The molecule has 0 spiro atoms. The van der Waals surface area contributed by atoms with Crippen molar-refractivity contribution in [1.82, 2.24) is 14.9 Å². The molecule has 8 heteroatoms. The molecule has 1 aromatic carbocycles. The number of hydrogen-bond acceptors (Lipinski definition) is 5. The topological polar surface area (TPSA) is 64.0 Å². The second-order valence-electron chi connectivity index (χ2n) is 7.43. The molecule has 2 heterocycles. The number of aryl methyl sites for hydroxylation is 2. The molecule has 1 amide bonds. The fourth-order valence-electron chi connectivity index (χ4n) is 3.71. The van der Waals surface area contributed by atoms with Crippen molar-refractivity contribution in [3.63, 3.8) is 0 Å². The van der Waals surface area contributed by atoms with Gasteiger partial charge < -0.3 is 5.32 Å². The number of carbonyl (C=O) groups excluding carboxylic acids is 1. The molecule has 0 radical (unpaired) electrons. The number of hydrogen-bond donors (Lipinski definition) is 1. The SMILES string of the molecule is CCCNC(=O)C(C)Sc1nc2sc3c(c2c(=O)n1-c1ccccc1F)CCCC3. The first-order valence-corrected chi connectivity index (χ1v) is 12.0. The molecule has 1 aliphatic rings. The van der Waals surface area contributed by atoms with E-state index < -0.39 is 11.1 Å². The van der Waals surface area contributed by atoms with Crippen molar-refractivity contribution >= 4 is 39.2 Å². The van der Waals surface area contributed by atoms with Gasteiger partial charge in [-0.15, -0.1) is 11.3 Å². The standard InChI is InChI=1S/C22H24FN3O2S2/c1-3-12-24-19(27)13(2)29-22-25-20-18(14-8-4-7-11-17(14)30-20)21(28)26(22)16-10-6-5-9-15(16)23/h5-6,9-10,13H,3-4,7-8,11-12H2,1-2H3,(H,24,27). The fourth-order valence-corrected chi connectivity index (χ4v) is 5.96. The molecule has 1 N–H and O–H groups in total. The van der Waals surface area contributed by atoms with Gasteiger partial charge in [0, 0.05) is 11.4 Å². The fraction of sp³-hybridized carbons (Fsp3) is 0.409. The molecule has 0 fully saturated rings. The van der Waals surface area contributed by atoms with Gasteiger partial charge in [-0.1, -0.05) is 30.8 Å². The summed E-state index contributed by atoms with van der Waals surface area (Å²) in [6.45, 7) is 4.35. The van der Waals surface area contributed by atoms with E-state index in [1.165, 1.54) is 27.3 Å². The Morgan fingerprint density at radius 2 is 2.10 bits per heavy atom. The second kappa shape index (κ2) is 8.89. The van der Waals surface area contributed by atoms with Crippen LogP contribution < -0.4 is 10.9 Å². The number of halogens is 1. The van der Waals surface area contributed by atoms with Crippen molar-refractivity contribution in [3.05, 3.63) is 50.9 Å². The maximum absolute atomic E-state index is 14.7. The lowest BCUT2D eigenvalue weighted by Crippen LogP contribution is -2.32. The lowest BCUT2D eigenvalue weighted by Gasteiger charge is -2.16. The predicted molar refractivity (Wildman–Crippen MR) is 120 cm³/mol. The zero-order valence-corrected chi connectivity index (χ0v) is 18.7. The van der Waals surface area contributed by atoms with Gasteiger partial charge in [0.25, 0.3) is 5.56 Å². The van der Waals surface area contributed by atoms with Crippen LogP contribution in [-0.2, 0) is 17.6 Å². The molecular weight excluding hydrogens is 421 g/mol. The van der Waals surface area contributed by atoms with Gasteiger partial charge in [-0.3, -0.25) is 14.2 Å². The van der Waals surface area contributed by atoms with E-state index in [1.807, 2.05) is 6.92 Å². The Morgan fingerprint density at radius 1 is 1.33 bits per heavy atom. The largest absolute Gasteiger partial charge is 0.355 e. The zero-order chi connectivity index (χ0) is 21.3. The van der Waals surface area contributed by atoms with E-state index in [0.29, 0.717) is 21.9 Å². The van der Waals surface area contributed by atoms with E-state index in [1.54, 1.807) is 36.5 Å². The van der Waals surface area contributed by atoms with Gasteiger partial charge >= 0.3 is 0 Å². The van der Waals surface area contributed by atoms with E-state index in [9.17, 15) is 14.0 Å². The summed E-state index contributed by atoms with van der Waals surface area (Å²) >= 11 is 2.74. The summed E-state index contributed by atoms with van der Waals surface area (Å²) < 4.78 is 16.0. The minimum absolute atomic E-state index is 0.123. The Kier molecular flexibility index (Phi) is 6.24. The summed E-state index contributed by atoms with van der Waals surface area (Å²) in [4.78, 5) is 32.7. The van der Waals surface area contributed by atoms with Crippen molar-refractivity contribution in [3.8, 4) is 5.69 Å². The Balaban J connectivity index is 1.88. The number of thioether (sulfide) groups is 1. The Morgan fingerprint density at radius 3 is 2.87 bits per heavy atom. The number of carbonyl (C=O) groups is 1. The van der Waals surface area contributed by atoms with Crippen LogP contribution in [0.5, 0.6) is 0 Å². The first-order valence-electron chi connectivity index (χ1n) is 10.3. The number of nitrogens with zero attached hydrogens (tertiary/aromatic N) is 2. The van der Waals surface area contributed by atoms with Crippen molar-refractivity contribution in [2.45, 2.75) is 56.4 Å². The van der Waals surface area contributed by atoms with Crippen LogP contribution >= 0.6 is 23.1 Å². The summed E-state index contributed by atoms with van der Waals surface area (Å²) in [6.07, 6.45) is 4.80. The van der Waals surface area contributed by atoms with Gasteiger partial charge in [-0.25, -0.2) is 9.37 Å². The third kappa shape index (κ3) is 3.90. The molecule has 2 aromatic heterocycles. The van der Waals surface area contributed by atoms with Crippen LogP contribution in [0.25, 0.3) is 15.9 Å². The molecule has 1 atom stereocenters. The Hall–Kier alpha value is -2.19. The molecular formula is C22H24FN3O2S2. The molecule has 30 heavy (non-hydrogen) atoms. The molecule has 0 saturated heterocycles. The molecule has 1 aliphatic carbocycles. The monoisotopic (exact) mass is 445 g/mol. The average molecular weight is 446 g/mol. The smallest absolute Gasteiger partial charge is 0.267 e. The molecule has 1 unspecified atom stereocenters. The number of amides is 1. The van der Waals surface area contributed by atoms with Crippen LogP contribution in [-0.4, -0.2) is 27.3 Å². The highest BCUT2D eigenvalue weighted by Crippen LogP contribution is 2.36. The highest BCUT2D eigenvalue weighted by Gasteiger charge is 2.25. The first kappa shape index (κ1) is 21.1. The third-order valence-corrected chi connectivity index (χ3v) is 7.49. The number of benzene rings is 1. The molecule has 4 rings (SSSR count). The quantitative estimate of drug-likeness (QED) is 0.449. The maximum Gasteiger partial charge on any atom is 0.267 e. The van der Waals surface area contributed by atoms with Crippen molar-refractivity contribution in [2.75, 3.05) is 6.54 Å². The lowest BCUT2D eigenvalue weighted by molar-refractivity contribution is -0.120. The number of nitrogens with one attached hydrogen (secondary N) is 1. The van der Waals surface area contributed by atoms with Crippen LogP contribution in [0.3, 0.4) is 0 Å². The van der Waals surface area contributed by atoms with Gasteiger partial charge in [0.05, 0.1) is 16.3 Å². The van der Waals surface area contributed by atoms with Crippen LogP contribution in [0.2, 0.25) is 0 Å². The molecule has 3 aromatic rings. The van der Waals surface area contributed by atoms with E-state index in [0.717, 1.165) is 37.7 Å². The normalized spacial score (nSPS) is 14.5. The maximum atomic E-state index is 14.7. The van der Waals surface area contributed by atoms with Gasteiger partial charge in [-0.05, 0) is 56.7 Å². The molecule has 0 bridgehead atoms. The zero-order valence-electron chi connectivity index (χ0n) is 17.0. The van der Waals surface area contributed by atoms with Crippen LogP contribution in [0.4, 0.5) is 4.39 Å². The second-order valence-corrected chi connectivity index (χ2v) is 9.82. The average Bonchev–Trinajstić information content (AvgIpc) is 3.11. The predicted octanol–water partition coefficient (Wildman–Crippen LogP) is 4.47. The van der Waals surface area contributed by atoms with E-state index in [-0.39, 0.29) is 17.2 Å². The highest BCUT2D eigenvalue weighted by molar-refractivity contribution is 8.00. The summed E-state index contributed by atoms with van der Waals surface area (Å²) in [5, 5.41) is 3.35. The van der Waals surface area contributed by atoms with Gasteiger partial charge in [0.15, 0.2) is 5.16 Å². The van der Waals surface area contributed by atoms with Crippen molar-refractivity contribution in [1.29, 1.82) is 0 Å². The minimum atomic E-state index is -0.491. The molecule has 5 nitrogen and oxygen atoms in total. The number of thiophene rings is 1. The van der Waals surface area contributed by atoms with Crippen LogP contribution in [0.15, 0.2) is 34.2 Å². The molecule has 158 valence electrons. The number of para-hydroxylation sites is 1. The lowest BCUT2D eigenvalue weighted by atomic mass is 9.97. The highest BCUT2D eigenvalue weighted by atomic mass is 32.2. The van der Waals surface area contributed by atoms with Gasteiger partial charge in [0.2, 0.25) is 5.91 Å². The van der Waals surface area contributed by atoms with E-state index in [2.05, 4.69) is 5.32 Å². The number of aromatic nitrogens is 2. The minimum Gasteiger partial charge on any atom is -0.355 e. The molecule has 0 aliphatic heterocycles. The summed E-state index contributed by atoms with van der Waals surface area (Å²) in [7, 11) is 0. The number of rotatable bonds is 6. The third-order valence-electron chi connectivity index (χ3n) is 5.25. The first-order chi connectivity index (χ1) is 14.5. The van der Waals surface area contributed by atoms with E-state index >= 15 is 0 Å². The molecule has 0 saturated carbocycles. The Bertz CT molecular complexity index is 1160. The van der Waals surface area contributed by atoms with E-state index in [4.69, 9.17) is 4.98 Å². The summed E-state index contributed by atoms with van der Waals surface area (Å²) in [6, 6.07) is 6.20. The van der Waals surface area contributed by atoms with Gasteiger partial charge in [-0.2, -0.15) is 0 Å². The summed E-state index contributed by atoms with van der Waals surface area (Å²) in [5.74, 6) is -0.614.